The van der Waals surface area contributed by atoms with E-state index >= 15 is 0 Å². The van der Waals surface area contributed by atoms with Crippen molar-refractivity contribution in [3.63, 3.8) is 0 Å². The standard InChI is InChI=1S/C17H23N3O6S/c1-15(2,3)26-14(25)20-17-6-16(7-17,8-17)13-19-10(5-27-13)11(22)18-9(4-21)12(23)24/h5,9,21H,4,6-8H2,1-3H3,(H,18,22)(H,20,25)(H,23,24)/t9-,16?,17?/m0/s1. The van der Waals surface area contributed by atoms with Crippen LogP contribution in [-0.4, -0.2) is 57.0 Å². The van der Waals surface area contributed by atoms with Gasteiger partial charge in [0.25, 0.3) is 5.91 Å². The van der Waals surface area contributed by atoms with E-state index in [0.717, 1.165) is 24.3 Å². The predicted octanol–water partition coefficient (Wildman–Crippen LogP) is 1.02. The van der Waals surface area contributed by atoms with Gasteiger partial charge in [0.05, 0.1) is 11.6 Å². The molecule has 27 heavy (non-hydrogen) atoms. The first-order chi connectivity index (χ1) is 12.5. The number of carboxylic acids is 1. The lowest BCUT2D eigenvalue weighted by Crippen LogP contribution is -2.76. The van der Waals surface area contributed by atoms with Crippen LogP contribution in [0.4, 0.5) is 4.79 Å². The summed E-state index contributed by atoms with van der Waals surface area (Å²) in [6, 6.07) is -1.36. The highest BCUT2D eigenvalue weighted by Gasteiger charge is 2.70. The van der Waals surface area contributed by atoms with Crippen molar-refractivity contribution in [2.75, 3.05) is 6.61 Å². The van der Waals surface area contributed by atoms with Crippen LogP contribution in [0.25, 0.3) is 0 Å². The van der Waals surface area contributed by atoms with Crippen molar-refractivity contribution < 1.29 is 29.3 Å². The quantitative estimate of drug-likeness (QED) is 0.562. The molecule has 0 aliphatic heterocycles. The summed E-state index contributed by atoms with van der Waals surface area (Å²) in [6.45, 7) is 4.73. The van der Waals surface area contributed by atoms with Crippen molar-refractivity contribution >= 4 is 29.3 Å². The number of thiazole rings is 1. The van der Waals surface area contributed by atoms with Crippen LogP contribution in [0.15, 0.2) is 5.38 Å². The first-order valence-corrected chi connectivity index (χ1v) is 9.47. The van der Waals surface area contributed by atoms with Gasteiger partial charge in [-0.25, -0.2) is 14.6 Å². The zero-order valence-electron chi connectivity index (χ0n) is 15.4. The number of hydrogen-bond donors (Lipinski definition) is 4. The number of alkyl carbamates (subject to hydrolysis) is 1. The Morgan fingerprint density at radius 2 is 1.96 bits per heavy atom. The molecule has 2 amide bonds. The number of aliphatic carboxylic acids is 1. The van der Waals surface area contributed by atoms with E-state index in [9.17, 15) is 14.4 Å². The van der Waals surface area contributed by atoms with E-state index in [1.54, 1.807) is 5.38 Å². The Morgan fingerprint density at radius 3 is 2.48 bits per heavy atom. The molecule has 0 radical (unpaired) electrons. The van der Waals surface area contributed by atoms with Crippen LogP contribution >= 0.6 is 11.3 Å². The predicted molar refractivity (Wildman–Crippen MR) is 95.7 cm³/mol. The Balaban J connectivity index is 1.56. The lowest BCUT2D eigenvalue weighted by atomic mass is 9.39. The Morgan fingerprint density at radius 1 is 1.33 bits per heavy atom. The van der Waals surface area contributed by atoms with Gasteiger partial charge in [-0.1, -0.05) is 0 Å². The number of aliphatic hydroxyl groups is 1. The first kappa shape index (κ1) is 19.6. The highest BCUT2D eigenvalue weighted by atomic mass is 32.1. The van der Waals surface area contributed by atoms with E-state index in [1.807, 2.05) is 20.8 Å². The Bertz CT molecular complexity index is 764. The van der Waals surface area contributed by atoms with Gasteiger partial charge in [0.1, 0.15) is 11.3 Å². The van der Waals surface area contributed by atoms with Crippen molar-refractivity contribution in [1.29, 1.82) is 0 Å². The molecule has 9 nitrogen and oxygen atoms in total. The molecule has 0 aromatic carbocycles. The monoisotopic (exact) mass is 397 g/mol. The van der Waals surface area contributed by atoms with Gasteiger partial charge >= 0.3 is 12.1 Å². The summed E-state index contributed by atoms with van der Waals surface area (Å²) < 4.78 is 5.29. The molecule has 0 spiro atoms. The fraction of sp³-hybridized carbons (Fsp3) is 0.647. The van der Waals surface area contributed by atoms with Gasteiger partial charge in [-0.05, 0) is 40.0 Å². The van der Waals surface area contributed by atoms with Crippen LogP contribution in [0.5, 0.6) is 0 Å². The number of nitrogens with one attached hydrogen (secondary N) is 2. The van der Waals surface area contributed by atoms with E-state index in [4.69, 9.17) is 14.9 Å². The van der Waals surface area contributed by atoms with Gasteiger partial charge in [0, 0.05) is 16.3 Å². The van der Waals surface area contributed by atoms with Crippen molar-refractivity contribution in [3.05, 3.63) is 16.1 Å². The number of carbonyl (C=O) groups is 3. The largest absolute Gasteiger partial charge is 0.480 e. The molecule has 3 fully saturated rings. The Hall–Kier alpha value is -2.20. The fourth-order valence-corrected chi connectivity index (χ4v) is 4.71. The van der Waals surface area contributed by atoms with E-state index in [-0.39, 0.29) is 16.6 Å². The van der Waals surface area contributed by atoms with Crippen molar-refractivity contribution in [2.45, 2.75) is 62.6 Å². The number of rotatable bonds is 6. The maximum atomic E-state index is 12.1. The van der Waals surface area contributed by atoms with Gasteiger partial charge in [0.15, 0.2) is 6.04 Å². The van der Waals surface area contributed by atoms with Crippen LogP contribution < -0.4 is 10.6 Å². The van der Waals surface area contributed by atoms with E-state index < -0.39 is 36.2 Å². The highest BCUT2D eigenvalue weighted by molar-refractivity contribution is 7.10. The normalized spacial score (nSPS) is 27.0. The summed E-state index contributed by atoms with van der Waals surface area (Å²) in [5, 5.41) is 25.4. The second kappa shape index (κ2) is 6.45. The van der Waals surface area contributed by atoms with E-state index in [0.29, 0.717) is 0 Å². The minimum Gasteiger partial charge on any atom is -0.480 e. The van der Waals surface area contributed by atoms with Crippen LogP contribution in [0.3, 0.4) is 0 Å². The van der Waals surface area contributed by atoms with Crippen molar-refractivity contribution in [3.8, 4) is 0 Å². The second-order valence-corrected chi connectivity index (χ2v) is 9.16. The van der Waals surface area contributed by atoms with Gasteiger partial charge in [0.2, 0.25) is 0 Å². The molecule has 1 atom stereocenters. The maximum Gasteiger partial charge on any atom is 0.408 e. The zero-order chi connectivity index (χ0) is 20.0. The molecule has 1 aromatic heterocycles. The number of aliphatic hydroxyl groups excluding tert-OH is 1. The molecule has 3 aliphatic carbocycles. The van der Waals surface area contributed by atoms with Gasteiger partial charge in [-0.3, -0.25) is 4.79 Å². The van der Waals surface area contributed by atoms with E-state index in [1.165, 1.54) is 11.3 Å². The second-order valence-electron chi connectivity index (χ2n) is 8.30. The lowest BCUT2D eigenvalue weighted by molar-refractivity contribution is -0.140. The molecule has 4 N–H and O–H groups in total. The topological polar surface area (TPSA) is 138 Å². The highest BCUT2D eigenvalue weighted by Crippen LogP contribution is 2.68. The van der Waals surface area contributed by atoms with Crippen molar-refractivity contribution in [1.82, 2.24) is 15.6 Å². The third kappa shape index (κ3) is 3.77. The van der Waals surface area contributed by atoms with Gasteiger partial charge in [-0.2, -0.15) is 0 Å². The third-order valence-electron chi connectivity index (χ3n) is 4.77. The minimum atomic E-state index is -1.36. The summed E-state index contributed by atoms with van der Waals surface area (Å²) in [5.41, 5.74) is -0.817. The summed E-state index contributed by atoms with van der Waals surface area (Å²) in [4.78, 5) is 39.3. The third-order valence-corrected chi connectivity index (χ3v) is 5.86. The van der Waals surface area contributed by atoms with Crippen LogP contribution in [0.1, 0.15) is 55.5 Å². The molecule has 10 heteroatoms. The molecule has 3 aliphatic rings. The van der Waals surface area contributed by atoms with Gasteiger partial charge < -0.3 is 25.6 Å². The summed E-state index contributed by atoms with van der Waals surface area (Å²) in [5.74, 6) is -1.94. The van der Waals surface area contributed by atoms with Crippen LogP contribution in [0.2, 0.25) is 0 Å². The summed E-state index contributed by atoms with van der Waals surface area (Å²) in [7, 11) is 0. The number of nitrogens with zero attached hydrogens (tertiary/aromatic N) is 1. The molecular formula is C17H23N3O6S. The molecule has 148 valence electrons. The maximum absolute atomic E-state index is 12.1. The number of aromatic nitrogens is 1. The fourth-order valence-electron chi connectivity index (χ4n) is 3.71. The molecule has 0 unspecified atom stereocenters. The smallest absolute Gasteiger partial charge is 0.408 e. The molecule has 4 rings (SSSR count). The van der Waals surface area contributed by atoms with Crippen LogP contribution in [0, 0.1) is 0 Å². The number of amides is 2. The molecule has 3 saturated carbocycles. The average Bonchev–Trinajstić information content (AvgIpc) is 2.94. The van der Waals surface area contributed by atoms with Crippen LogP contribution in [-0.2, 0) is 14.9 Å². The van der Waals surface area contributed by atoms with E-state index in [2.05, 4.69) is 15.6 Å². The SMILES string of the molecule is CC(C)(C)OC(=O)NC12CC(c3nc(C(=O)N[C@@H](CO)C(=O)O)cs3)(C1)C2. The summed E-state index contributed by atoms with van der Waals surface area (Å²) in [6.07, 6.45) is 1.78. The zero-order valence-corrected chi connectivity index (χ0v) is 16.2. The first-order valence-electron chi connectivity index (χ1n) is 8.59. The molecular weight excluding hydrogens is 374 g/mol. The summed E-state index contributed by atoms with van der Waals surface area (Å²) >= 11 is 1.34. The number of carbonyl (C=O) groups excluding carboxylic acids is 2. The van der Waals surface area contributed by atoms with Gasteiger partial charge in [-0.15, -0.1) is 11.3 Å². The minimum absolute atomic E-state index is 0.133. The lowest BCUT2D eigenvalue weighted by Gasteiger charge is -2.69. The molecule has 0 saturated heterocycles. The molecule has 1 heterocycles. The number of carboxylic acid groups (broad SMARTS) is 1. The molecule has 1 aromatic rings. The molecule has 2 bridgehead atoms. The average molecular weight is 397 g/mol. The number of ether oxygens (including phenoxy) is 1. The number of hydrogen-bond acceptors (Lipinski definition) is 7. The Labute approximate surface area is 160 Å². The Kier molecular flexibility index (Phi) is 4.67. The van der Waals surface area contributed by atoms with Crippen molar-refractivity contribution in [2.24, 2.45) is 0 Å².